The van der Waals surface area contributed by atoms with Gasteiger partial charge >= 0.3 is 0 Å². The van der Waals surface area contributed by atoms with Gasteiger partial charge in [0.25, 0.3) is 0 Å². The first-order chi connectivity index (χ1) is 10.7. The SMILES string of the molecule is CN(CCc1ccccn1)C(=O)CCc1ccc(C#N)cc1. The largest absolute Gasteiger partial charge is 0.345 e. The fourth-order valence-corrected chi connectivity index (χ4v) is 2.14. The molecule has 0 unspecified atom stereocenters. The van der Waals surface area contributed by atoms with Gasteiger partial charge in [-0.25, -0.2) is 0 Å². The summed E-state index contributed by atoms with van der Waals surface area (Å²) in [6.45, 7) is 0.670. The second-order valence-corrected chi connectivity index (χ2v) is 5.20. The number of carbonyl (C=O) groups excluding carboxylic acids is 1. The van der Waals surface area contributed by atoms with Crippen molar-refractivity contribution in [3.63, 3.8) is 0 Å². The van der Waals surface area contributed by atoms with Crippen LogP contribution in [0.4, 0.5) is 0 Å². The van der Waals surface area contributed by atoms with Gasteiger partial charge in [0, 0.05) is 38.3 Å². The lowest BCUT2D eigenvalue weighted by atomic mass is 10.1. The Hall–Kier alpha value is -2.67. The maximum atomic E-state index is 12.1. The number of benzene rings is 1. The fourth-order valence-electron chi connectivity index (χ4n) is 2.14. The van der Waals surface area contributed by atoms with Crippen molar-refractivity contribution >= 4 is 5.91 Å². The zero-order valence-corrected chi connectivity index (χ0v) is 12.7. The van der Waals surface area contributed by atoms with Gasteiger partial charge in [0.2, 0.25) is 5.91 Å². The first-order valence-corrected chi connectivity index (χ1v) is 7.32. The van der Waals surface area contributed by atoms with E-state index in [1.807, 2.05) is 37.4 Å². The molecule has 22 heavy (non-hydrogen) atoms. The lowest BCUT2D eigenvalue weighted by Gasteiger charge is -2.17. The van der Waals surface area contributed by atoms with Crippen LogP contribution in [-0.4, -0.2) is 29.4 Å². The van der Waals surface area contributed by atoms with Crippen molar-refractivity contribution in [2.45, 2.75) is 19.3 Å². The Morgan fingerprint density at radius 1 is 1.18 bits per heavy atom. The molecule has 0 radical (unpaired) electrons. The molecule has 0 aliphatic carbocycles. The van der Waals surface area contributed by atoms with E-state index in [9.17, 15) is 4.79 Å². The number of amides is 1. The third kappa shape index (κ3) is 4.71. The molecule has 112 valence electrons. The van der Waals surface area contributed by atoms with E-state index in [0.717, 1.165) is 17.7 Å². The van der Waals surface area contributed by atoms with Gasteiger partial charge in [-0.05, 0) is 36.2 Å². The maximum Gasteiger partial charge on any atom is 0.222 e. The lowest BCUT2D eigenvalue weighted by Crippen LogP contribution is -2.29. The van der Waals surface area contributed by atoms with Gasteiger partial charge < -0.3 is 4.90 Å². The van der Waals surface area contributed by atoms with Crippen LogP contribution in [0, 0.1) is 11.3 Å². The molecule has 1 aromatic heterocycles. The van der Waals surface area contributed by atoms with Gasteiger partial charge in [0.05, 0.1) is 11.6 Å². The van der Waals surface area contributed by atoms with Gasteiger partial charge in [0.1, 0.15) is 0 Å². The summed E-state index contributed by atoms with van der Waals surface area (Å²) >= 11 is 0. The van der Waals surface area contributed by atoms with Crippen molar-refractivity contribution in [1.29, 1.82) is 5.26 Å². The van der Waals surface area contributed by atoms with E-state index in [0.29, 0.717) is 24.9 Å². The molecule has 0 aliphatic heterocycles. The predicted octanol–water partition coefficient (Wildman–Crippen LogP) is 2.59. The number of aromatic nitrogens is 1. The predicted molar refractivity (Wildman–Crippen MR) is 85.1 cm³/mol. The number of rotatable bonds is 6. The molecule has 0 fully saturated rings. The number of nitriles is 1. The quantitative estimate of drug-likeness (QED) is 0.822. The summed E-state index contributed by atoms with van der Waals surface area (Å²) in [6.07, 6.45) is 3.70. The van der Waals surface area contributed by atoms with Crippen LogP contribution in [0.2, 0.25) is 0 Å². The molecule has 0 bridgehead atoms. The molecular weight excluding hydrogens is 274 g/mol. The van der Waals surface area contributed by atoms with Crippen molar-refractivity contribution in [2.75, 3.05) is 13.6 Å². The van der Waals surface area contributed by atoms with Gasteiger partial charge in [-0.15, -0.1) is 0 Å². The second kappa shape index (κ2) is 7.94. The number of hydrogen-bond acceptors (Lipinski definition) is 3. The Labute approximate surface area is 131 Å². The lowest BCUT2D eigenvalue weighted by molar-refractivity contribution is -0.129. The van der Waals surface area contributed by atoms with Crippen molar-refractivity contribution < 1.29 is 4.79 Å². The fraction of sp³-hybridized carbons (Fsp3) is 0.278. The Morgan fingerprint density at radius 2 is 1.95 bits per heavy atom. The summed E-state index contributed by atoms with van der Waals surface area (Å²) in [5.41, 5.74) is 2.71. The van der Waals surface area contributed by atoms with Crippen molar-refractivity contribution in [3.05, 3.63) is 65.5 Å². The Balaban J connectivity index is 1.77. The summed E-state index contributed by atoms with van der Waals surface area (Å²) in [5, 5.41) is 8.76. The highest BCUT2D eigenvalue weighted by Gasteiger charge is 2.09. The topological polar surface area (TPSA) is 57.0 Å². The molecule has 0 atom stereocenters. The molecule has 2 aromatic rings. The van der Waals surface area contributed by atoms with E-state index in [1.54, 1.807) is 23.2 Å². The summed E-state index contributed by atoms with van der Waals surface area (Å²) in [7, 11) is 1.82. The van der Waals surface area contributed by atoms with Crippen molar-refractivity contribution in [1.82, 2.24) is 9.88 Å². The summed E-state index contributed by atoms with van der Waals surface area (Å²) < 4.78 is 0. The van der Waals surface area contributed by atoms with Gasteiger partial charge in [-0.3, -0.25) is 9.78 Å². The third-order valence-corrected chi connectivity index (χ3v) is 3.57. The van der Waals surface area contributed by atoms with Crippen LogP contribution < -0.4 is 0 Å². The number of likely N-dealkylation sites (N-methyl/N-ethyl adjacent to an activating group) is 1. The monoisotopic (exact) mass is 293 g/mol. The van der Waals surface area contributed by atoms with Crippen LogP contribution in [-0.2, 0) is 17.6 Å². The molecule has 0 aliphatic rings. The van der Waals surface area contributed by atoms with Crippen LogP contribution in [0.3, 0.4) is 0 Å². The Kier molecular flexibility index (Phi) is 5.67. The molecule has 1 heterocycles. The number of carbonyl (C=O) groups is 1. The standard InChI is InChI=1S/C18H19N3O/c1-21(13-11-17-4-2-3-12-20-17)18(22)10-9-15-5-7-16(14-19)8-6-15/h2-8,12H,9-11,13H2,1H3. The van der Waals surface area contributed by atoms with Crippen LogP contribution >= 0.6 is 0 Å². The smallest absolute Gasteiger partial charge is 0.222 e. The summed E-state index contributed by atoms with van der Waals surface area (Å²) in [5.74, 6) is 0.125. The van der Waals surface area contributed by atoms with Crippen molar-refractivity contribution in [3.8, 4) is 6.07 Å². The molecule has 0 N–H and O–H groups in total. The Morgan fingerprint density at radius 3 is 2.59 bits per heavy atom. The summed E-state index contributed by atoms with van der Waals surface area (Å²) in [6, 6.07) is 15.3. The zero-order valence-electron chi connectivity index (χ0n) is 12.7. The molecular formula is C18H19N3O. The minimum Gasteiger partial charge on any atom is -0.345 e. The minimum absolute atomic E-state index is 0.125. The maximum absolute atomic E-state index is 12.1. The highest BCUT2D eigenvalue weighted by Crippen LogP contribution is 2.07. The number of hydrogen-bond donors (Lipinski definition) is 0. The van der Waals surface area contributed by atoms with E-state index in [1.165, 1.54) is 0 Å². The molecule has 1 aromatic carbocycles. The van der Waals surface area contributed by atoms with Crippen LogP contribution in [0.25, 0.3) is 0 Å². The molecule has 0 saturated carbocycles. The molecule has 1 amide bonds. The molecule has 4 heteroatoms. The van der Waals surface area contributed by atoms with Crippen LogP contribution in [0.15, 0.2) is 48.7 Å². The molecule has 2 rings (SSSR count). The normalized spacial score (nSPS) is 10.0. The first kappa shape index (κ1) is 15.7. The number of nitrogens with zero attached hydrogens (tertiary/aromatic N) is 3. The van der Waals surface area contributed by atoms with Crippen LogP contribution in [0.5, 0.6) is 0 Å². The van der Waals surface area contributed by atoms with Crippen LogP contribution in [0.1, 0.15) is 23.2 Å². The average Bonchev–Trinajstić information content (AvgIpc) is 2.58. The summed E-state index contributed by atoms with van der Waals surface area (Å²) in [4.78, 5) is 18.1. The minimum atomic E-state index is 0.125. The zero-order chi connectivity index (χ0) is 15.8. The second-order valence-electron chi connectivity index (χ2n) is 5.20. The average molecular weight is 293 g/mol. The number of aryl methyl sites for hydroxylation is 1. The molecule has 4 nitrogen and oxygen atoms in total. The van der Waals surface area contributed by atoms with Crippen molar-refractivity contribution in [2.24, 2.45) is 0 Å². The van der Waals surface area contributed by atoms with Gasteiger partial charge in [0.15, 0.2) is 0 Å². The number of pyridine rings is 1. The van der Waals surface area contributed by atoms with E-state index < -0.39 is 0 Å². The van der Waals surface area contributed by atoms with E-state index >= 15 is 0 Å². The molecule has 0 spiro atoms. The van der Waals surface area contributed by atoms with Gasteiger partial charge in [-0.2, -0.15) is 5.26 Å². The highest BCUT2D eigenvalue weighted by atomic mass is 16.2. The highest BCUT2D eigenvalue weighted by molar-refractivity contribution is 5.76. The first-order valence-electron chi connectivity index (χ1n) is 7.32. The van der Waals surface area contributed by atoms with Gasteiger partial charge in [-0.1, -0.05) is 18.2 Å². The Bertz CT molecular complexity index is 644. The van der Waals surface area contributed by atoms with E-state index in [-0.39, 0.29) is 5.91 Å². The molecule has 0 saturated heterocycles. The third-order valence-electron chi connectivity index (χ3n) is 3.57. The van der Waals surface area contributed by atoms with E-state index in [2.05, 4.69) is 11.1 Å². The van der Waals surface area contributed by atoms with E-state index in [4.69, 9.17) is 5.26 Å².